The van der Waals surface area contributed by atoms with Crippen molar-refractivity contribution in [1.82, 2.24) is 9.38 Å². The zero-order valence-corrected chi connectivity index (χ0v) is 22.3. The van der Waals surface area contributed by atoms with Gasteiger partial charge in [-0.15, -0.1) is 0 Å². The lowest BCUT2D eigenvalue weighted by Crippen LogP contribution is -2.41. The Morgan fingerprint density at radius 2 is 1.97 bits per heavy atom. The first kappa shape index (κ1) is 27.4. The summed E-state index contributed by atoms with van der Waals surface area (Å²) in [7, 11) is 0. The number of aromatic nitrogens is 2. The van der Waals surface area contributed by atoms with Crippen molar-refractivity contribution in [2.24, 2.45) is 5.92 Å². The summed E-state index contributed by atoms with van der Waals surface area (Å²) in [5.41, 5.74) is 1.15. The maximum absolute atomic E-state index is 13.7. The second kappa shape index (κ2) is 12.3. The molecular weight excluding hydrogens is 498 g/mol. The highest BCUT2D eigenvalue weighted by molar-refractivity contribution is 6.10. The molecule has 1 saturated heterocycles. The van der Waals surface area contributed by atoms with E-state index in [0.29, 0.717) is 55.4 Å². The Balaban J connectivity index is 1.75. The number of carbonyl (C=O) groups is 2. The minimum Gasteiger partial charge on any atom is -0.494 e. The standard InChI is InChI=1S/C29H31N5O5/c1-4-38-23-12-10-22(11-13-23)31-27(35)21(17-30)16-24-26(32-25-19(3)8-6-15-34(25)28(24)36)33-14-7-9-20(18-33)29(37)39-5-2/h6,8,10-13,15-16,20H,4-5,7,9,14,18H2,1-3H3,(H,31,35)/b21-16+/t20-/m1/s1. The number of rotatable bonds is 8. The molecule has 1 amide bonds. The molecule has 0 unspecified atom stereocenters. The normalized spacial score (nSPS) is 15.5. The number of benzene rings is 1. The number of pyridine rings is 1. The van der Waals surface area contributed by atoms with E-state index in [0.717, 1.165) is 5.56 Å². The van der Waals surface area contributed by atoms with Crippen molar-refractivity contribution >= 4 is 35.1 Å². The number of carbonyl (C=O) groups excluding carboxylic acids is 2. The van der Waals surface area contributed by atoms with Crippen molar-refractivity contribution in [3.8, 4) is 11.8 Å². The zero-order chi connectivity index (χ0) is 27.9. The van der Waals surface area contributed by atoms with Crippen molar-refractivity contribution in [3.05, 3.63) is 69.6 Å². The third-order valence-corrected chi connectivity index (χ3v) is 6.48. The van der Waals surface area contributed by atoms with Gasteiger partial charge in [0, 0.05) is 25.0 Å². The number of nitriles is 1. The van der Waals surface area contributed by atoms with Crippen LogP contribution in [0.4, 0.5) is 11.5 Å². The van der Waals surface area contributed by atoms with Crippen LogP contribution in [0, 0.1) is 24.2 Å². The number of ether oxygens (including phenoxy) is 2. The van der Waals surface area contributed by atoms with Gasteiger partial charge in [-0.3, -0.25) is 18.8 Å². The molecule has 1 aliphatic rings. The summed E-state index contributed by atoms with van der Waals surface area (Å²) in [6.07, 6.45) is 4.24. The first-order valence-corrected chi connectivity index (χ1v) is 13.0. The number of hydrogen-bond donors (Lipinski definition) is 1. The quantitative estimate of drug-likeness (QED) is 0.266. The number of esters is 1. The van der Waals surface area contributed by atoms with Crippen molar-refractivity contribution in [1.29, 1.82) is 5.26 Å². The molecule has 4 rings (SSSR count). The molecule has 1 aliphatic heterocycles. The molecule has 0 bridgehead atoms. The predicted molar refractivity (Wildman–Crippen MR) is 148 cm³/mol. The first-order valence-electron chi connectivity index (χ1n) is 13.0. The molecule has 10 heteroatoms. The van der Waals surface area contributed by atoms with E-state index in [1.807, 2.05) is 30.9 Å². The average molecular weight is 530 g/mol. The molecule has 0 spiro atoms. The highest BCUT2D eigenvalue weighted by Gasteiger charge is 2.30. The lowest BCUT2D eigenvalue weighted by Gasteiger charge is -2.33. The van der Waals surface area contributed by atoms with Crippen LogP contribution in [-0.2, 0) is 14.3 Å². The fourth-order valence-corrected chi connectivity index (χ4v) is 4.58. The van der Waals surface area contributed by atoms with Crippen LogP contribution in [0.5, 0.6) is 5.75 Å². The number of anilines is 2. The molecule has 1 aromatic carbocycles. The molecule has 1 atom stereocenters. The van der Waals surface area contributed by atoms with Gasteiger partial charge in [0.2, 0.25) is 0 Å². The summed E-state index contributed by atoms with van der Waals surface area (Å²) in [5, 5.41) is 12.6. The molecule has 1 N–H and O–H groups in total. The summed E-state index contributed by atoms with van der Waals surface area (Å²) < 4.78 is 12.1. The first-order chi connectivity index (χ1) is 18.9. The molecule has 0 radical (unpaired) electrons. The smallest absolute Gasteiger partial charge is 0.310 e. The minimum absolute atomic E-state index is 0.0982. The molecule has 3 heterocycles. The fraction of sp³-hybridized carbons (Fsp3) is 0.345. The lowest BCUT2D eigenvalue weighted by molar-refractivity contribution is -0.148. The van der Waals surface area contributed by atoms with Crippen molar-refractivity contribution in [3.63, 3.8) is 0 Å². The van der Waals surface area contributed by atoms with Gasteiger partial charge in [0.1, 0.15) is 28.9 Å². The number of nitrogens with one attached hydrogen (secondary N) is 1. The van der Waals surface area contributed by atoms with Crippen LogP contribution in [0.3, 0.4) is 0 Å². The summed E-state index contributed by atoms with van der Waals surface area (Å²) in [4.78, 5) is 45.9. The molecule has 1 fully saturated rings. The number of fused-ring (bicyclic) bond motifs is 1. The van der Waals surface area contributed by atoms with Crippen LogP contribution in [0.2, 0.25) is 0 Å². The van der Waals surface area contributed by atoms with Crippen LogP contribution in [0.15, 0.2) is 53.0 Å². The SMILES string of the molecule is CCOC(=O)[C@@H]1CCCN(c2nc3c(C)cccn3c(=O)c2/C=C(\C#N)C(=O)Nc2ccc(OCC)cc2)C1. The van der Waals surface area contributed by atoms with Crippen LogP contribution in [-0.4, -0.2) is 47.6 Å². The van der Waals surface area contributed by atoms with E-state index in [9.17, 15) is 19.6 Å². The van der Waals surface area contributed by atoms with Crippen molar-refractivity contribution in [2.45, 2.75) is 33.6 Å². The summed E-state index contributed by atoms with van der Waals surface area (Å²) in [5.74, 6) is -0.342. The molecule has 39 heavy (non-hydrogen) atoms. The second-order valence-electron chi connectivity index (χ2n) is 9.16. The Morgan fingerprint density at radius 1 is 1.21 bits per heavy atom. The number of piperidine rings is 1. The molecule has 2 aromatic heterocycles. The minimum atomic E-state index is -0.663. The molecule has 0 saturated carbocycles. The lowest BCUT2D eigenvalue weighted by atomic mass is 9.97. The number of aryl methyl sites for hydroxylation is 1. The Morgan fingerprint density at radius 3 is 2.67 bits per heavy atom. The van der Waals surface area contributed by atoms with Gasteiger partial charge in [-0.1, -0.05) is 6.07 Å². The Hall–Kier alpha value is -4.65. The van der Waals surface area contributed by atoms with Crippen molar-refractivity contribution in [2.75, 3.05) is 36.5 Å². The van der Waals surface area contributed by atoms with E-state index in [1.54, 1.807) is 43.5 Å². The fourth-order valence-electron chi connectivity index (χ4n) is 4.58. The van der Waals surface area contributed by atoms with Gasteiger partial charge in [-0.25, -0.2) is 4.98 Å². The summed E-state index contributed by atoms with van der Waals surface area (Å²) in [6.45, 7) is 7.16. The molecule has 3 aromatic rings. The van der Waals surface area contributed by atoms with E-state index in [-0.39, 0.29) is 29.6 Å². The van der Waals surface area contributed by atoms with Crippen LogP contribution < -0.4 is 20.5 Å². The highest BCUT2D eigenvalue weighted by Crippen LogP contribution is 2.27. The van der Waals surface area contributed by atoms with Crippen LogP contribution in [0.25, 0.3) is 11.7 Å². The van der Waals surface area contributed by atoms with Crippen LogP contribution in [0.1, 0.15) is 37.8 Å². The Kier molecular flexibility index (Phi) is 8.61. The maximum atomic E-state index is 13.7. The number of amides is 1. The van der Waals surface area contributed by atoms with Crippen molar-refractivity contribution < 1.29 is 19.1 Å². The molecule has 0 aliphatic carbocycles. The largest absolute Gasteiger partial charge is 0.494 e. The maximum Gasteiger partial charge on any atom is 0.310 e. The van der Waals surface area contributed by atoms with Crippen LogP contribution >= 0.6 is 0 Å². The van der Waals surface area contributed by atoms with E-state index in [1.165, 1.54) is 10.5 Å². The van der Waals surface area contributed by atoms with E-state index < -0.39 is 11.5 Å². The van der Waals surface area contributed by atoms with E-state index in [4.69, 9.17) is 14.5 Å². The third kappa shape index (κ3) is 6.09. The molecule has 10 nitrogen and oxygen atoms in total. The van der Waals surface area contributed by atoms with Gasteiger partial charge in [0.25, 0.3) is 11.5 Å². The average Bonchev–Trinajstić information content (AvgIpc) is 2.94. The second-order valence-corrected chi connectivity index (χ2v) is 9.16. The number of hydrogen-bond acceptors (Lipinski definition) is 8. The van der Waals surface area contributed by atoms with Gasteiger partial charge < -0.3 is 19.7 Å². The monoisotopic (exact) mass is 529 g/mol. The summed E-state index contributed by atoms with van der Waals surface area (Å²) in [6, 6.07) is 12.3. The van der Waals surface area contributed by atoms with Gasteiger partial charge in [-0.2, -0.15) is 5.26 Å². The molecule has 202 valence electrons. The van der Waals surface area contributed by atoms with Gasteiger partial charge >= 0.3 is 5.97 Å². The number of nitrogens with zero attached hydrogens (tertiary/aromatic N) is 4. The van der Waals surface area contributed by atoms with Gasteiger partial charge in [0.15, 0.2) is 0 Å². The highest BCUT2D eigenvalue weighted by atomic mass is 16.5. The third-order valence-electron chi connectivity index (χ3n) is 6.48. The van der Waals surface area contributed by atoms with Gasteiger partial charge in [0.05, 0.1) is 24.7 Å². The summed E-state index contributed by atoms with van der Waals surface area (Å²) >= 11 is 0. The predicted octanol–water partition coefficient (Wildman–Crippen LogP) is 3.73. The zero-order valence-electron chi connectivity index (χ0n) is 22.3. The Labute approximate surface area is 226 Å². The van der Waals surface area contributed by atoms with E-state index >= 15 is 0 Å². The Bertz CT molecular complexity index is 1500. The molecular formula is C29H31N5O5. The van der Waals surface area contributed by atoms with E-state index in [2.05, 4.69) is 5.32 Å². The van der Waals surface area contributed by atoms with Gasteiger partial charge in [-0.05, 0) is 75.6 Å². The topological polar surface area (TPSA) is 126 Å².